The molecule has 0 aliphatic heterocycles. The van der Waals surface area contributed by atoms with Gasteiger partial charge in [-0.25, -0.2) is 4.79 Å². The minimum Gasteiger partial charge on any atom is -0.438 e. The molecule has 0 heterocycles. The molecule has 0 rings (SSSR count). The molecule has 0 unspecified atom stereocenters. The van der Waals surface area contributed by atoms with Gasteiger partial charge in [-0.05, 0) is 31.3 Å². The van der Waals surface area contributed by atoms with E-state index in [0.717, 1.165) is 12.3 Å². The van der Waals surface area contributed by atoms with E-state index in [1.165, 1.54) is 26.4 Å². The molecule has 0 N–H and O–H groups in total. The molecule has 0 aromatic heterocycles. The van der Waals surface area contributed by atoms with Crippen molar-refractivity contribution in [1.29, 1.82) is 0 Å². The van der Waals surface area contributed by atoms with E-state index in [0.29, 0.717) is 5.92 Å². The van der Waals surface area contributed by atoms with Crippen molar-refractivity contribution in [1.82, 2.24) is 0 Å². The molecule has 3 nitrogen and oxygen atoms in total. The lowest BCUT2D eigenvalue weighted by Gasteiger charge is -2.11. The van der Waals surface area contributed by atoms with Gasteiger partial charge in [-0.15, -0.1) is 0 Å². The van der Waals surface area contributed by atoms with Gasteiger partial charge in [0.2, 0.25) is 0 Å². The van der Waals surface area contributed by atoms with Crippen LogP contribution >= 0.6 is 0 Å². The number of carbonyl (C=O) groups is 1. The normalized spacial score (nSPS) is 14.8. The first-order valence-electron chi connectivity index (χ1n) is 6.87. The molecule has 0 spiro atoms. The second kappa shape index (κ2) is 9.98. The van der Waals surface area contributed by atoms with Gasteiger partial charge in [0, 0.05) is 0 Å². The summed E-state index contributed by atoms with van der Waals surface area (Å²) in [5.41, 5.74) is 0. The summed E-state index contributed by atoms with van der Waals surface area (Å²) in [4.78, 5) is 10.8. The van der Waals surface area contributed by atoms with Crippen LogP contribution in [0.4, 0.5) is 4.79 Å². The summed E-state index contributed by atoms with van der Waals surface area (Å²) in [5, 5.41) is 0. The predicted octanol–water partition coefficient (Wildman–Crippen LogP) is 4.57. The van der Waals surface area contributed by atoms with E-state index < -0.39 is 6.16 Å². The van der Waals surface area contributed by atoms with Gasteiger partial charge in [0.25, 0.3) is 0 Å². The topological polar surface area (TPSA) is 35.5 Å². The average molecular weight is 256 g/mol. The van der Waals surface area contributed by atoms with E-state index in [1.54, 1.807) is 0 Å². The summed E-state index contributed by atoms with van der Waals surface area (Å²) < 4.78 is 9.37. The van der Waals surface area contributed by atoms with Crippen LogP contribution in [0.2, 0.25) is 0 Å². The highest BCUT2D eigenvalue weighted by molar-refractivity contribution is 5.59. The van der Waals surface area contributed by atoms with Gasteiger partial charge in [0.1, 0.15) is 6.10 Å². The molecule has 2 atom stereocenters. The van der Waals surface area contributed by atoms with Gasteiger partial charge in [-0.2, -0.15) is 0 Å². The highest BCUT2D eigenvalue weighted by atomic mass is 16.7. The molecule has 0 bridgehead atoms. The molecule has 3 heteroatoms. The Labute approximate surface area is 112 Å². The van der Waals surface area contributed by atoms with Crippen molar-refractivity contribution in [2.75, 3.05) is 7.11 Å². The van der Waals surface area contributed by atoms with E-state index in [9.17, 15) is 4.79 Å². The quantitative estimate of drug-likeness (QED) is 0.471. The average Bonchev–Trinajstić information content (AvgIpc) is 2.28. The fourth-order valence-electron chi connectivity index (χ4n) is 1.73. The van der Waals surface area contributed by atoms with Crippen molar-refractivity contribution in [3.8, 4) is 0 Å². The molecule has 106 valence electrons. The molecule has 0 aromatic carbocycles. The summed E-state index contributed by atoms with van der Waals surface area (Å²) in [5.74, 6) is 1.48. The lowest BCUT2D eigenvalue weighted by molar-refractivity contribution is 0.0578. The van der Waals surface area contributed by atoms with Crippen molar-refractivity contribution in [2.24, 2.45) is 11.8 Å². The third kappa shape index (κ3) is 10.2. The number of ether oxygens (including phenoxy) is 2. The number of hydrogen-bond acceptors (Lipinski definition) is 3. The Morgan fingerprint density at radius 3 is 2.39 bits per heavy atom. The van der Waals surface area contributed by atoms with Crippen molar-refractivity contribution in [2.45, 2.75) is 59.5 Å². The van der Waals surface area contributed by atoms with Gasteiger partial charge < -0.3 is 9.47 Å². The second-order valence-corrected chi connectivity index (χ2v) is 5.37. The largest absolute Gasteiger partial charge is 0.508 e. The SMILES string of the molecule is COC(=O)O[C@H](C)/C=C/C[C@H](C)CCCC(C)C. The Morgan fingerprint density at radius 2 is 1.83 bits per heavy atom. The first-order chi connectivity index (χ1) is 8.45. The Kier molecular flexibility index (Phi) is 9.43. The van der Waals surface area contributed by atoms with Crippen LogP contribution in [-0.2, 0) is 9.47 Å². The van der Waals surface area contributed by atoms with E-state index in [1.807, 2.05) is 13.0 Å². The molecule has 0 aliphatic rings. The Bertz CT molecular complexity index is 246. The third-order valence-corrected chi connectivity index (χ3v) is 2.87. The van der Waals surface area contributed by atoms with E-state index >= 15 is 0 Å². The summed E-state index contributed by atoms with van der Waals surface area (Å²) in [6.45, 7) is 8.61. The van der Waals surface area contributed by atoms with Crippen LogP contribution in [0.3, 0.4) is 0 Å². The fourth-order valence-corrected chi connectivity index (χ4v) is 1.73. The zero-order valence-electron chi connectivity index (χ0n) is 12.4. The van der Waals surface area contributed by atoms with Crippen molar-refractivity contribution >= 4 is 6.16 Å². The van der Waals surface area contributed by atoms with Crippen molar-refractivity contribution < 1.29 is 14.3 Å². The van der Waals surface area contributed by atoms with Gasteiger partial charge in [-0.3, -0.25) is 0 Å². The zero-order chi connectivity index (χ0) is 14.0. The summed E-state index contributed by atoms with van der Waals surface area (Å²) in [6.07, 6.45) is 8.04. The molecular formula is C15H28O3. The van der Waals surface area contributed by atoms with Crippen LogP contribution in [0.15, 0.2) is 12.2 Å². The molecule has 0 saturated heterocycles. The third-order valence-electron chi connectivity index (χ3n) is 2.87. The Hall–Kier alpha value is -0.990. The van der Waals surface area contributed by atoms with Crippen LogP contribution < -0.4 is 0 Å². The number of carbonyl (C=O) groups excluding carboxylic acids is 1. The highest BCUT2D eigenvalue weighted by Gasteiger charge is 2.05. The van der Waals surface area contributed by atoms with Crippen LogP contribution in [-0.4, -0.2) is 19.4 Å². The minimum absolute atomic E-state index is 0.222. The van der Waals surface area contributed by atoms with Gasteiger partial charge >= 0.3 is 6.16 Å². The monoisotopic (exact) mass is 256 g/mol. The maximum absolute atomic E-state index is 10.8. The van der Waals surface area contributed by atoms with Crippen LogP contribution in [0, 0.1) is 11.8 Å². The van der Waals surface area contributed by atoms with Gasteiger partial charge in [0.15, 0.2) is 0 Å². The predicted molar refractivity (Wildman–Crippen MR) is 74.6 cm³/mol. The van der Waals surface area contributed by atoms with Crippen molar-refractivity contribution in [3.63, 3.8) is 0 Å². The van der Waals surface area contributed by atoms with Crippen LogP contribution in [0.5, 0.6) is 0 Å². The smallest absolute Gasteiger partial charge is 0.438 e. The van der Waals surface area contributed by atoms with Crippen molar-refractivity contribution in [3.05, 3.63) is 12.2 Å². The number of hydrogen-bond donors (Lipinski definition) is 0. The van der Waals surface area contributed by atoms with E-state index in [-0.39, 0.29) is 6.10 Å². The zero-order valence-corrected chi connectivity index (χ0v) is 12.4. The second-order valence-electron chi connectivity index (χ2n) is 5.37. The summed E-state index contributed by atoms with van der Waals surface area (Å²) in [7, 11) is 1.32. The fraction of sp³-hybridized carbons (Fsp3) is 0.800. The maximum Gasteiger partial charge on any atom is 0.508 e. The number of methoxy groups -OCH3 is 1. The number of rotatable bonds is 8. The first kappa shape index (κ1) is 17.0. The molecule has 0 fully saturated rings. The van der Waals surface area contributed by atoms with Crippen LogP contribution in [0.1, 0.15) is 53.4 Å². The molecule has 0 saturated carbocycles. The van der Waals surface area contributed by atoms with Gasteiger partial charge in [-0.1, -0.05) is 46.1 Å². The molecule has 18 heavy (non-hydrogen) atoms. The highest BCUT2D eigenvalue weighted by Crippen LogP contribution is 2.15. The molecule has 0 aromatic rings. The molecular weight excluding hydrogens is 228 g/mol. The lowest BCUT2D eigenvalue weighted by atomic mass is 9.97. The first-order valence-corrected chi connectivity index (χ1v) is 6.87. The van der Waals surface area contributed by atoms with E-state index in [2.05, 4.69) is 31.6 Å². The summed E-state index contributed by atoms with van der Waals surface area (Å²) >= 11 is 0. The lowest BCUT2D eigenvalue weighted by Crippen LogP contribution is -2.12. The summed E-state index contributed by atoms with van der Waals surface area (Å²) in [6, 6.07) is 0. The molecule has 0 amide bonds. The maximum atomic E-state index is 10.8. The van der Waals surface area contributed by atoms with E-state index in [4.69, 9.17) is 4.74 Å². The van der Waals surface area contributed by atoms with Gasteiger partial charge in [0.05, 0.1) is 7.11 Å². The molecule has 0 aliphatic carbocycles. The van der Waals surface area contributed by atoms with Crippen LogP contribution in [0.25, 0.3) is 0 Å². The Morgan fingerprint density at radius 1 is 1.17 bits per heavy atom. The molecule has 0 radical (unpaired) electrons. The standard InChI is InChI=1S/C15H28O3/c1-12(2)8-6-9-13(3)10-7-11-14(4)18-15(16)17-5/h7,11-14H,6,8-10H2,1-5H3/b11-7+/t13-,14-/m1/s1. The minimum atomic E-state index is -0.628. The Balaban J connectivity index is 3.69. The number of allylic oxidation sites excluding steroid dienone is 1.